The van der Waals surface area contributed by atoms with E-state index in [1.54, 1.807) is 6.92 Å². The topological polar surface area (TPSA) is 32.8 Å². The number of ether oxygens (including phenoxy) is 1. The van der Waals surface area contributed by atoms with Gasteiger partial charge in [-0.3, -0.25) is 9.69 Å². The third-order valence-corrected chi connectivity index (χ3v) is 5.88. The van der Waals surface area contributed by atoms with Crippen molar-refractivity contribution in [2.75, 3.05) is 37.7 Å². The normalized spacial score (nSPS) is 14.5. The molecule has 0 spiro atoms. The maximum atomic E-state index is 11.5. The highest BCUT2D eigenvalue weighted by Gasteiger charge is 2.19. The van der Waals surface area contributed by atoms with Gasteiger partial charge in [0.2, 0.25) is 0 Å². The molecule has 4 heteroatoms. The molecule has 31 heavy (non-hydrogen) atoms. The van der Waals surface area contributed by atoms with Crippen molar-refractivity contribution in [3.63, 3.8) is 0 Å². The van der Waals surface area contributed by atoms with Crippen LogP contribution in [-0.2, 0) is 6.54 Å². The van der Waals surface area contributed by atoms with Crippen LogP contribution in [0.5, 0.6) is 5.75 Å². The van der Waals surface area contributed by atoms with E-state index in [0.29, 0.717) is 6.61 Å². The molecule has 1 saturated heterocycles. The van der Waals surface area contributed by atoms with Gasteiger partial charge in [-0.05, 0) is 66.9 Å². The van der Waals surface area contributed by atoms with Crippen LogP contribution in [0.25, 0.3) is 11.1 Å². The lowest BCUT2D eigenvalue weighted by atomic mass is 9.99. The van der Waals surface area contributed by atoms with E-state index in [-0.39, 0.29) is 5.78 Å². The number of Topliss-reactive ketones (excluding diaryl/α,β-unsaturated/α-hetero) is 1. The van der Waals surface area contributed by atoms with E-state index >= 15 is 0 Å². The van der Waals surface area contributed by atoms with Crippen LogP contribution < -0.4 is 9.64 Å². The van der Waals surface area contributed by atoms with Gasteiger partial charge in [0.1, 0.15) is 5.75 Å². The summed E-state index contributed by atoms with van der Waals surface area (Å²) in [5, 5.41) is 0. The Labute approximate surface area is 185 Å². The Morgan fingerprint density at radius 3 is 2.35 bits per heavy atom. The number of hydrogen-bond acceptors (Lipinski definition) is 4. The van der Waals surface area contributed by atoms with Gasteiger partial charge in [0.05, 0.1) is 6.61 Å². The molecule has 4 rings (SSSR count). The van der Waals surface area contributed by atoms with Gasteiger partial charge in [-0.1, -0.05) is 36.4 Å². The van der Waals surface area contributed by atoms with Crippen LogP contribution in [0.2, 0.25) is 0 Å². The first-order chi connectivity index (χ1) is 15.1. The molecule has 3 aromatic rings. The Hall–Kier alpha value is -3.11. The van der Waals surface area contributed by atoms with E-state index in [1.165, 1.54) is 22.4 Å². The van der Waals surface area contributed by atoms with Gasteiger partial charge >= 0.3 is 0 Å². The lowest BCUT2D eigenvalue weighted by molar-refractivity contribution is 0.101. The second kappa shape index (κ2) is 9.80. The van der Waals surface area contributed by atoms with Crippen molar-refractivity contribution >= 4 is 11.5 Å². The van der Waals surface area contributed by atoms with Crippen LogP contribution >= 0.6 is 0 Å². The van der Waals surface area contributed by atoms with Gasteiger partial charge < -0.3 is 9.64 Å². The maximum absolute atomic E-state index is 11.5. The van der Waals surface area contributed by atoms with Crippen LogP contribution in [0.1, 0.15) is 29.8 Å². The Morgan fingerprint density at radius 2 is 1.65 bits per heavy atom. The lowest BCUT2D eigenvalue weighted by Crippen LogP contribution is -2.46. The highest BCUT2D eigenvalue weighted by atomic mass is 16.5. The summed E-state index contributed by atoms with van der Waals surface area (Å²) in [4.78, 5) is 16.4. The molecule has 0 atom stereocenters. The van der Waals surface area contributed by atoms with E-state index in [2.05, 4.69) is 64.4 Å². The largest absolute Gasteiger partial charge is 0.494 e. The van der Waals surface area contributed by atoms with Crippen LogP contribution in [0.4, 0.5) is 5.69 Å². The first kappa shape index (κ1) is 21.1. The molecule has 1 aliphatic rings. The fraction of sp³-hybridized carbons (Fsp3) is 0.296. The van der Waals surface area contributed by atoms with Crippen molar-refractivity contribution in [2.24, 2.45) is 0 Å². The highest BCUT2D eigenvalue weighted by Crippen LogP contribution is 2.28. The fourth-order valence-corrected chi connectivity index (χ4v) is 4.17. The van der Waals surface area contributed by atoms with Crippen molar-refractivity contribution < 1.29 is 9.53 Å². The molecule has 4 nitrogen and oxygen atoms in total. The lowest BCUT2D eigenvalue weighted by Gasteiger charge is -2.36. The van der Waals surface area contributed by atoms with Gasteiger partial charge in [0.25, 0.3) is 0 Å². The number of ketones is 1. The molecule has 0 aliphatic carbocycles. The van der Waals surface area contributed by atoms with Gasteiger partial charge in [-0.2, -0.15) is 0 Å². The molecule has 160 valence electrons. The average molecular weight is 415 g/mol. The second-order valence-corrected chi connectivity index (χ2v) is 7.98. The van der Waals surface area contributed by atoms with E-state index < -0.39 is 0 Å². The van der Waals surface area contributed by atoms with Crippen LogP contribution in [0, 0.1) is 0 Å². The van der Waals surface area contributed by atoms with Crippen LogP contribution in [0.3, 0.4) is 0 Å². The summed E-state index contributed by atoms with van der Waals surface area (Å²) in [5.41, 5.74) is 5.78. The van der Waals surface area contributed by atoms with Crippen molar-refractivity contribution in [1.29, 1.82) is 0 Å². The maximum Gasteiger partial charge on any atom is 0.159 e. The quantitative estimate of drug-likeness (QED) is 0.493. The highest BCUT2D eigenvalue weighted by molar-refractivity contribution is 5.94. The van der Waals surface area contributed by atoms with Gasteiger partial charge in [0, 0.05) is 44.0 Å². The zero-order chi connectivity index (χ0) is 21.6. The summed E-state index contributed by atoms with van der Waals surface area (Å²) >= 11 is 0. The molecular weight excluding hydrogens is 384 g/mol. The summed E-state index contributed by atoms with van der Waals surface area (Å²) in [5.74, 6) is 1.03. The molecule has 1 aliphatic heterocycles. The molecule has 1 fully saturated rings. The number of carbonyl (C=O) groups is 1. The third kappa shape index (κ3) is 5.15. The molecular formula is C27H30N2O2. The molecule has 0 bridgehead atoms. The number of benzene rings is 3. The molecule has 0 aromatic heterocycles. The molecule has 0 unspecified atom stereocenters. The average Bonchev–Trinajstić information content (AvgIpc) is 2.80. The molecule has 0 amide bonds. The zero-order valence-electron chi connectivity index (χ0n) is 18.4. The molecule has 0 radical (unpaired) electrons. The van der Waals surface area contributed by atoms with Crippen LogP contribution in [0.15, 0.2) is 72.8 Å². The number of anilines is 1. The minimum absolute atomic E-state index is 0.113. The Morgan fingerprint density at radius 1 is 0.903 bits per heavy atom. The van der Waals surface area contributed by atoms with Crippen molar-refractivity contribution in [3.05, 3.63) is 83.9 Å². The molecule has 1 heterocycles. The Balaban J connectivity index is 1.42. The van der Waals surface area contributed by atoms with Crippen molar-refractivity contribution in [2.45, 2.75) is 20.4 Å². The summed E-state index contributed by atoms with van der Waals surface area (Å²) in [7, 11) is 0. The second-order valence-electron chi connectivity index (χ2n) is 7.98. The minimum Gasteiger partial charge on any atom is -0.494 e. The summed E-state index contributed by atoms with van der Waals surface area (Å²) in [6.07, 6.45) is 0. The zero-order valence-corrected chi connectivity index (χ0v) is 18.4. The molecule has 3 aromatic carbocycles. The monoisotopic (exact) mass is 414 g/mol. The predicted octanol–water partition coefficient (Wildman–Crippen LogP) is 5.28. The smallest absolute Gasteiger partial charge is 0.159 e. The van der Waals surface area contributed by atoms with E-state index in [0.717, 1.165) is 44.0 Å². The first-order valence-corrected chi connectivity index (χ1v) is 11.0. The molecule has 0 N–H and O–H groups in total. The summed E-state index contributed by atoms with van der Waals surface area (Å²) in [6, 6.07) is 25.0. The number of piperazine rings is 1. The number of carbonyl (C=O) groups excluding carboxylic acids is 1. The van der Waals surface area contributed by atoms with Gasteiger partial charge in [-0.15, -0.1) is 0 Å². The van der Waals surface area contributed by atoms with E-state index in [9.17, 15) is 4.79 Å². The van der Waals surface area contributed by atoms with Gasteiger partial charge in [0.15, 0.2) is 5.78 Å². The van der Waals surface area contributed by atoms with Crippen molar-refractivity contribution in [1.82, 2.24) is 4.90 Å². The number of hydrogen-bond donors (Lipinski definition) is 0. The fourth-order valence-electron chi connectivity index (χ4n) is 4.17. The van der Waals surface area contributed by atoms with E-state index in [1.807, 2.05) is 25.1 Å². The number of nitrogens with zero attached hydrogens (tertiary/aromatic N) is 2. The minimum atomic E-state index is 0.113. The third-order valence-electron chi connectivity index (χ3n) is 5.88. The van der Waals surface area contributed by atoms with E-state index in [4.69, 9.17) is 4.74 Å². The SMILES string of the molecule is CCOc1cccc(-c2ccccc2CN2CCN(c3ccc(C(C)=O)cc3)CC2)c1. The van der Waals surface area contributed by atoms with Gasteiger partial charge in [-0.25, -0.2) is 0 Å². The van der Waals surface area contributed by atoms with Crippen molar-refractivity contribution in [3.8, 4) is 16.9 Å². The summed E-state index contributed by atoms with van der Waals surface area (Å²) < 4.78 is 5.70. The Bertz CT molecular complexity index is 1020. The first-order valence-electron chi connectivity index (χ1n) is 11.0. The predicted molar refractivity (Wildman–Crippen MR) is 127 cm³/mol. The standard InChI is InChI=1S/C27H30N2O2/c1-3-31-26-9-6-8-23(19-26)27-10-5-4-7-24(27)20-28-15-17-29(18-16-28)25-13-11-22(12-14-25)21(2)30/h4-14,19H,3,15-18,20H2,1-2H3. The molecule has 0 saturated carbocycles. The number of rotatable bonds is 7. The summed E-state index contributed by atoms with van der Waals surface area (Å²) in [6.45, 7) is 9.24. The Kier molecular flexibility index (Phi) is 6.68. The van der Waals surface area contributed by atoms with Crippen LogP contribution in [-0.4, -0.2) is 43.5 Å².